The number of sulfonamides is 1. The van der Waals surface area contributed by atoms with E-state index < -0.39 is 10.0 Å². The van der Waals surface area contributed by atoms with Crippen molar-refractivity contribution >= 4 is 16.1 Å². The van der Waals surface area contributed by atoms with Gasteiger partial charge in [0.15, 0.2) is 0 Å². The normalized spacial score (nSPS) is 16.1. The first-order chi connectivity index (χ1) is 11.8. The minimum absolute atomic E-state index is 0.0566. The second-order valence-electron chi connectivity index (χ2n) is 6.36. The quantitative estimate of drug-likeness (QED) is 0.859. The molecule has 7 nitrogen and oxygen atoms in total. The second-order valence-corrected chi connectivity index (χ2v) is 8.29. The van der Waals surface area contributed by atoms with E-state index in [2.05, 4.69) is 5.32 Å². The van der Waals surface area contributed by atoms with Gasteiger partial charge in [0, 0.05) is 32.2 Å². The van der Waals surface area contributed by atoms with Gasteiger partial charge < -0.3 is 15.0 Å². The highest BCUT2D eigenvalue weighted by atomic mass is 32.2. The summed E-state index contributed by atoms with van der Waals surface area (Å²) in [5.41, 5.74) is 0.790. The summed E-state index contributed by atoms with van der Waals surface area (Å²) >= 11 is 0. The summed E-state index contributed by atoms with van der Waals surface area (Å²) in [5.74, 6) is 0.691. The number of hydrogen-bond donors (Lipinski definition) is 1. The van der Waals surface area contributed by atoms with Crippen molar-refractivity contribution in [3.05, 3.63) is 23.8 Å². The van der Waals surface area contributed by atoms with Crippen LogP contribution in [-0.4, -0.2) is 62.5 Å². The lowest BCUT2D eigenvalue weighted by molar-refractivity contribution is 0.170. The molecule has 1 aromatic carbocycles. The van der Waals surface area contributed by atoms with Crippen LogP contribution in [0.2, 0.25) is 0 Å². The van der Waals surface area contributed by atoms with Crippen LogP contribution in [-0.2, 0) is 10.0 Å². The van der Waals surface area contributed by atoms with E-state index in [0.717, 1.165) is 5.56 Å². The summed E-state index contributed by atoms with van der Waals surface area (Å²) in [4.78, 5) is 13.9. The van der Waals surface area contributed by atoms with Crippen LogP contribution in [0, 0.1) is 6.92 Å². The summed E-state index contributed by atoms with van der Waals surface area (Å²) in [7, 11) is -3.57. The van der Waals surface area contributed by atoms with Gasteiger partial charge in [-0.25, -0.2) is 13.2 Å². The molecule has 8 heteroatoms. The van der Waals surface area contributed by atoms with Crippen molar-refractivity contribution in [2.24, 2.45) is 0 Å². The lowest BCUT2D eigenvalue weighted by Crippen LogP contribution is -2.53. The van der Waals surface area contributed by atoms with Crippen molar-refractivity contribution in [1.29, 1.82) is 0 Å². The largest absolute Gasteiger partial charge is 0.494 e. The third-order valence-corrected chi connectivity index (χ3v) is 5.92. The standard InChI is InChI=1S/C17H27N3O4S/c1-5-24-16-7-6-15(12-14(16)4)25(22,23)20-10-8-19(9-11-20)17(21)18-13(2)3/h6-7,12-13H,5,8-11H2,1-4H3,(H,18,21). The molecule has 0 aliphatic carbocycles. The summed E-state index contributed by atoms with van der Waals surface area (Å²) in [6, 6.07) is 4.81. The highest BCUT2D eigenvalue weighted by molar-refractivity contribution is 7.89. The first kappa shape index (κ1) is 19.5. The van der Waals surface area contributed by atoms with E-state index in [1.807, 2.05) is 27.7 Å². The molecule has 0 bridgehead atoms. The fourth-order valence-electron chi connectivity index (χ4n) is 2.72. The molecule has 0 saturated carbocycles. The molecular weight excluding hydrogens is 342 g/mol. The maximum absolute atomic E-state index is 12.8. The third-order valence-electron chi connectivity index (χ3n) is 4.02. The monoisotopic (exact) mass is 369 g/mol. The van der Waals surface area contributed by atoms with Gasteiger partial charge in [-0.2, -0.15) is 4.31 Å². The van der Waals surface area contributed by atoms with E-state index in [4.69, 9.17) is 4.74 Å². The fraction of sp³-hybridized carbons (Fsp3) is 0.588. The smallest absolute Gasteiger partial charge is 0.317 e. The van der Waals surface area contributed by atoms with Crippen LogP contribution in [0.5, 0.6) is 5.75 Å². The van der Waals surface area contributed by atoms with Gasteiger partial charge in [-0.3, -0.25) is 0 Å². The lowest BCUT2D eigenvalue weighted by Gasteiger charge is -2.34. The molecule has 2 amide bonds. The van der Waals surface area contributed by atoms with E-state index in [0.29, 0.717) is 38.5 Å². The van der Waals surface area contributed by atoms with Crippen LogP contribution in [0.3, 0.4) is 0 Å². The Morgan fingerprint density at radius 3 is 2.40 bits per heavy atom. The van der Waals surface area contributed by atoms with Crippen molar-refractivity contribution in [3.63, 3.8) is 0 Å². The van der Waals surface area contributed by atoms with Crippen molar-refractivity contribution in [2.75, 3.05) is 32.8 Å². The van der Waals surface area contributed by atoms with E-state index >= 15 is 0 Å². The van der Waals surface area contributed by atoms with Crippen LogP contribution in [0.25, 0.3) is 0 Å². The van der Waals surface area contributed by atoms with Crippen molar-refractivity contribution < 1.29 is 17.9 Å². The number of ether oxygens (including phenoxy) is 1. The number of nitrogens with zero attached hydrogens (tertiary/aromatic N) is 2. The van der Waals surface area contributed by atoms with Gasteiger partial charge in [0.05, 0.1) is 11.5 Å². The Morgan fingerprint density at radius 2 is 1.88 bits per heavy atom. The summed E-state index contributed by atoms with van der Waals surface area (Å²) in [6.45, 7) is 9.39. The zero-order valence-electron chi connectivity index (χ0n) is 15.3. The molecule has 0 unspecified atom stereocenters. The van der Waals surface area contributed by atoms with Crippen LogP contribution in [0.4, 0.5) is 4.79 Å². The van der Waals surface area contributed by atoms with Gasteiger partial charge in [0.1, 0.15) is 5.75 Å². The Kier molecular flexibility index (Phi) is 6.29. The highest BCUT2D eigenvalue weighted by Crippen LogP contribution is 2.24. The molecule has 0 spiro atoms. The van der Waals surface area contributed by atoms with Gasteiger partial charge >= 0.3 is 6.03 Å². The zero-order chi connectivity index (χ0) is 18.6. The summed E-state index contributed by atoms with van der Waals surface area (Å²) < 4.78 is 32.6. The number of carbonyl (C=O) groups excluding carboxylic acids is 1. The van der Waals surface area contributed by atoms with E-state index in [-0.39, 0.29) is 17.0 Å². The van der Waals surface area contributed by atoms with Gasteiger partial charge in [-0.1, -0.05) is 0 Å². The van der Waals surface area contributed by atoms with Gasteiger partial charge in [0.25, 0.3) is 0 Å². The lowest BCUT2D eigenvalue weighted by atomic mass is 10.2. The van der Waals surface area contributed by atoms with E-state index in [1.54, 1.807) is 23.1 Å². The molecule has 140 valence electrons. The van der Waals surface area contributed by atoms with Gasteiger partial charge in [0.2, 0.25) is 10.0 Å². The number of aryl methyl sites for hydroxylation is 1. The number of piperazine rings is 1. The SMILES string of the molecule is CCOc1ccc(S(=O)(=O)N2CCN(C(=O)NC(C)C)CC2)cc1C. The van der Waals surface area contributed by atoms with Crippen molar-refractivity contribution in [3.8, 4) is 5.75 Å². The predicted molar refractivity (Wildman–Crippen MR) is 96.3 cm³/mol. The number of benzene rings is 1. The molecule has 1 aliphatic heterocycles. The summed E-state index contributed by atoms with van der Waals surface area (Å²) in [5, 5.41) is 2.83. The average Bonchev–Trinajstić information content (AvgIpc) is 2.56. The van der Waals surface area contributed by atoms with Crippen LogP contribution in [0.1, 0.15) is 26.3 Å². The molecule has 1 fully saturated rings. The van der Waals surface area contributed by atoms with Crippen LogP contribution >= 0.6 is 0 Å². The minimum atomic E-state index is -3.57. The average molecular weight is 369 g/mol. The Hall–Kier alpha value is -1.80. The second kappa shape index (κ2) is 8.05. The Labute approximate surface area is 150 Å². The first-order valence-electron chi connectivity index (χ1n) is 8.54. The number of nitrogens with one attached hydrogen (secondary N) is 1. The Balaban J connectivity index is 2.07. The number of hydrogen-bond acceptors (Lipinski definition) is 4. The number of carbonyl (C=O) groups is 1. The molecule has 0 atom stereocenters. The first-order valence-corrected chi connectivity index (χ1v) is 9.98. The van der Waals surface area contributed by atoms with Gasteiger partial charge in [-0.15, -0.1) is 0 Å². The van der Waals surface area contributed by atoms with Crippen LogP contribution < -0.4 is 10.1 Å². The molecule has 0 radical (unpaired) electrons. The highest BCUT2D eigenvalue weighted by Gasteiger charge is 2.30. The van der Waals surface area contributed by atoms with Gasteiger partial charge in [-0.05, 0) is 51.5 Å². The summed E-state index contributed by atoms with van der Waals surface area (Å²) in [6.07, 6.45) is 0. The topological polar surface area (TPSA) is 79.0 Å². The van der Waals surface area contributed by atoms with E-state index in [9.17, 15) is 13.2 Å². The maximum Gasteiger partial charge on any atom is 0.317 e. The van der Waals surface area contributed by atoms with Crippen LogP contribution in [0.15, 0.2) is 23.1 Å². The predicted octanol–water partition coefficient (Wildman–Crippen LogP) is 1.82. The molecule has 1 N–H and O–H groups in total. The zero-order valence-corrected chi connectivity index (χ0v) is 16.1. The minimum Gasteiger partial charge on any atom is -0.494 e. The maximum atomic E-state index is 12.8. The Bertz CT molecular complexity index is 711. The number of urea groups is 1. The molecule has 1 aliphatic rings. The van der Waals surface area contributed by atoms with Crippen molar-refractivity contribution in [2.45, 2.75) is 38.6 Å². The molecule has 25 heavy (non-hydrogen) atoms. The molecule has 1 aromatic rings. The molecular formula is C17H27N3O4S. The number of rotatable bonds is 5. The Morgan fingerprint density at radius 1 is 1.24 bits per heavy atom. The third kappa shape index (κ3) is 4.64. The molecule has 0 aromatic heterocycles. The molecule has 1 saturated heterocycles. The molecule has 1 heterocycles. The van der Waals surface area contributed by atoms with Crippen molar-refractivity contribution in [1.82, 2.24) is 14.5 Å². The van der Waals surface area contributed by atoms with E-state index in [1.165, 1.54) is 4.31 Å². The molecule has 2 rings (SSSR count). The number of amides is 2. The fourth-order valence-corrected chi connectivity index (χ4v) is 4.23.